The van der Waals surface area contributed by atoms with Crippen LogP contribution >= 0.6 is 0 Å². The molecule has 0 unspecified atom stereocenters. The molecule has 2 rings (SSSR count). The van der Waals surface area contributed by atoms with Crippen molar-refractivity contribution in [1.82, 2.24) is 10.2 Å². The Kier molecular flexibility index (Phi) is 4.61. The van der Waals surface area contributed by atoms with E-state index in [0.717, 1.165) is 19.3 Å². The highest BCUT2D eigenvalue weighted by atomic mass is 32.2. The number of benzene rings is 1. The second-order valence-electron chi connectivity index (χ2n) is 4.67. The van der Waals surface area contributed by atoms with Gasteiger partial charge in [-0.15, -0.1) is 0 Å². The van der Waals surface area contributed by atoms with E-state index in [2.05, 4.69) is 5.32 Å². The molecule has 1 heterocycles. The monoisotopic (exact) mass is 298 g/mol. The lowest BCUT2D eigenvalue weighted by atomic mass is 10.3. The Hall–Kier alpha value is -1.60. The number of nitrogens with one attached hydrogen (secondary N) is 1. The maximum Gasteiger partial charge on any atom is 0.260 e. The molecule has 1 aromatic rings. The second-order valence-corrected chi connectivity index (χ2v) is 6.68. The molecule has 0 spiro atoms. The summed E-state index contributed by atoms with van der Waals surface area (Å²) < 4.78 is 28.2. The first kappa shape index (κ1) is 14.8. The van der Waals surface area contributed by atoms with Crippen LogP contribution in [-0.2, 0) is 14.6 Å². The summed E-state index contributed by atoms with van der Waals surface area (Å²) in [4.78, 5) is 13.8. The third-order valence-corrected chi connectivity index (χ3v) is 4.18. The molecular formula is C13H18N2O4S. The maximum absolute atomic E-state index is 11.9. The van der Waals surface area contributed by atoms with Gasteiger partial charge in [-0.3, -0.25) is 4.79 Å². The normalized spacial score (nSPS) is 15.9. The molecule has 1 aliphatic heterocycles. The van der Waals surface area contributed by atoms with Crippen molar-refractivity contribution >= 4 is 15.7 Å². The minimum atomic E-state index is -3.27. The third kappa shape index (κ3) is 3.94. The lowest BCUT2D eigenvalue weighted by Crippen LogP contribution is -2.47. The average Bonchev–Trinajstić information content (AvgIpc) is 2.45. The number of hydrogen-bond donors (Lipinski definition) is 1. The molecular weight excluding hydrogens is 280 g/mol. The highest BCUT2D eigenvalue weighted by molar-refractivity contribution is 7.90. The molecule has 0 bridgehead atoms. The van der Waals surface area contributed by atoms with Crippen LogP contribution in [0.5, 0.6) is 5.75 Å². The minimum Gasteiger partial charge on any atom is -0.484 e. The maximum atomic E-state index is 11.9. The van der Waals surface area contributed by atoms with Crippen LogP contribution in [0.15, 0.2) is 29.2 Å². The van der Waals surface area contributed by atoms with Crippen LogP contribution in [0.4, 0.5) is 0 Å². The van der Waals surface area contributed by atoms with Gasteiger partial charge in [0.2, 0.25) is 0 Å². The van der Waals surface area contributed by atoms with Crippen LogP contribution in [-0.4, -0.2) is 58.3 Å². The largest absolute Gasteiger partial charge is 0.484 e. The predicted octanol–water partition coefficient (Wildman–Crippen LogP) is -0.0993. The molecule has 1 aromatic carbocycles. The third-order valence-electron chi connectivity index (χ3n) is 3.07. The van der Waals surface area contributed by atoms with Crippen LogP contribution in [0.25, 0.3) is 0 Å². The fourth-order valence-electron chi connectivity index (χ4n) is 1.95. The highest BCUT2D eigenvalue weighted by Gasteiger charge is 2.16. The topological polar surface area (TPSA) is 75.7 Å². The van der Waals surface area contributed by atoms with Gasteiger partial charge in [0.05, 0.1) is 4.90 Å². The summed E-state index contributed by atoms with van der Waals surface area (Å²) >= 11 is 0. The molecule has 0 saturated carbocycles. The van der Waals surface area contributed by atoms with Crippen LogP contribution in [0.3, 0.4) is 0 Å². The van der Waals surface area contributed by atoms with Crippen molar-refractivity contribution in [1.29, 1.82) is 0 Å². The van der Waals surface area contributed by atoms with Gasteiger partial charge in [0.1, 0.15) is 5.75 Å². The van der Waals surface area contributed by atoms with Crippen molar-refractivity contribution in [3.63, 3.8) is 0 Å². The van der Waals surface area contributed by atoms with Gasteiger partial charge in [-0.05, 0) is 18.2 Å². The highest BCUT2D eigenvalue weighted by Crippen LogP contribution is 2.17. The van der Waals surface area contributed by atoms with Crippen molar-refractivity contribution < 1.29 is 17.9 Å². The summed E-state index contributed by atoms with van der Waals surface area (Å²) in [5, 5.41) is 3.17. The number of sulfone groups is 1. The van der Waals surface area contributed by atoms with Crippen LogP contribution in [0.1, 0.15) is 0 Å². The summed E-state index contributed by atoms with van der Waals surface area (Å²) in [5.41, 5.74) is 0. The Morgan fingerprint density at radius 2 is 2.05 bits per heavy atom. The molecule has 0 atom stereocenters. The van der Waals surface area contributed by atoms with Gasteiger partial charge < -0.3 is 15.0 Å². The van der Waals surface area contributed by atoms with Gasteiger partial charge in [-0.25, -0.2) is 8.42 Å². The first-order valence-corrected chi connectivity index (χ1v) is 8.27. The second kappa shape index (κ2) is 6.23. The molecule has 7 heteroatoms. The van der Waals surface area contributed by atoms with E-state index in [1.165, 1.54) is 12.1 Å². The zero-order valence-electron chi connectivity index (χ0n) is 11.3. The molecule has 1 fully saturated rings. The molecule has 0 aliphatic carbocycles. The molecule has 1 aliphatic rings. The Bertz CT molecular complexity index is 580. The van der Waals surface area contributed by atoms with Crippen LogP contribution in [0.2, 0.25) is 0 Å². The number of hydrogen-bond acceptors (Lipinski definition) is 5. The lowest BCUT2D eigenvalue weighted by molar-refractivity contribution is -0.133. The molecule has 20 heavy (non-hydrogen) atoms. The van der Waals surface area contributed by atoms with Crippen molar-refractivity contribution in [3.05, 3.63) is 24.3 Å². The first-order valence-electron chi connectivity index (χ1n) is 6.38. The van der Waals surface area contributed by atoms with Crippen LogP contribution < -0.4 is 10.1 Å². The van der Waals surface area contributed by atoms with E-state index in [9.17, 15) is 13.2 Å². The van der Waals surface area contributed by atoms with E-state index < -0.39 is 9.84 Å². The summed E-state index contributed by atoms with van der Waals surface area (Å²) in [6.45, 7) is 2.84. The zero-order chi connectivity index (χ0) is 14.6. The van der Waals surface area contributed by atoms with Crippen LogP contribution in [0, 0.1) is 0 Å². The Morgan fingerprint density at radius 3 is 2.70 bits per heavy atom. The van der Waals surface area contributed by atoms with E-state index in [0.29, 0.717) is 18.8 Å². The van der Waals surface area contributed by atoms with E-state index in [1.807, 2.05) is 0 Å². The Labute approximate surface area is 118 Å². The fraction of sp³-hybridized carbons (Fsp3) is 0.462. The van der Waals surface area contributed by atoms with Crippen molar-refractivity contribution in [2.24, 2.45) is 0 Å². The summed E-state index contributed by atoms with van der Waals surface area (Å²) in [6, 6.07) is 6.17. The SMILES string of the molecule is CS(=O)(=O)c1cccc(OCC(=O)N2CCNCC2)c1. The standard InChI is InChI=1S/C13H18N2O4S/c1-20(17,18)12-4-2-3-11(9-12)19-10-13(16)15-7-5-14-6-8-15/h2-4,9,14H,5-8,10H2,1H3. The lowest BCUT2D eigenvalue weighted by Gasteiger charge is -2.27. The Balaban J connectivity index is 1.95. The quantitative estimate of drug-likeness (QED) is 0.840. The number of piperazine rings is 1. The molecule has 1 amide bonds. The van der Waals surface area contributed by atoms with Gasteiger partial charge >= 0.3 is 0 Å². The smallest absolute Gasteiger partial charge is 0.260 e. The number of carbonyl (C=O) groups is 1. The van der Waals surface area contributed by atoms with E-state index >= 15 is 0 Å². The van der Waals surface area contributed by atoms with Gasteiger partial charge in [-0.1, -0.05) is 6.07 Å². The number of carbonyl (C=O) groups excluding carboxylic acids is 1. The van der Waals surface area contributed by atoms with Gasteiger partial charge in [0.15, 0.2) is 16.4 Å². The van der Waals surface area contributed by atoms with Crippen molar-refractivity contribution in [3.8, 4) is 5.75 Å². The number of ether oxygens (including phenoxy) is 1. The average molecular weight is 298 g/mol. The predicted molar refractivity (Wildman–Crippen MR) is 74.5 cm³/mol. The number of amides is 1. The minimum absolute atomic E-state index is 0.0762. The molecule has 0 radical (unpaired) electrons. The van der Waals surface area contributed by atoms with E-state index in [1.54, 1.807) is 17.0 Å². The molecule has 6 nitrogen and oxygen atoms in total. The van der Waals surface area contributed by atoms with E-state index in [4.69, 9.17) is 4.74 Å². The fourth-order valence-corrected chi connectivity index (χ4v) is 2.60. The zero-order valence-corrected chi connectivity index (χ0v) is 12.1. The van der Waals surface area contributed by atoms with Gasteiger partial charge in [-0.2, -0.15) is 0 Å². The van der Waals surface area contributed by atoms with E-state index in [-0.39, 0.29) is 17.4 Å². The molecule has 1 N–H and O–H groups in total. The van der Waals surface area contributed by atoms with Crippen molar-refractivity contribution in [2.45, 2.75) is 4.90 Å². The summed E-state index contributed by atoms with van der Waals surface area (Å²) in [6.07, 6.45) is 1.14. The summed E-state index contributed by atoms with van der Waals surface area (Å²) in [5.74, 6) is 0.299. The number of nitrogens with zero attached hydrogens (tertiary/aromatic N) is 1. The molecule has 110 valence electrons. The molecule has 1 saturated heterocycles. The summed E-state index contributed by atoms with van der Waals surface area (Å²) in [7, 11) is -3.27. The molecule has 0 aromatic heterocycles. The van der Waals surface area contributed by atoms with Gasteiger partial charge in [0.25, 0.3) is 5.91 Å². The number of rotatable bonds is 4. The first-order chi connectivity index (χ1) is 9.47. The Morgan fingerprint density at radius 1 is 1.35 bits per heavy atom. The van der Waals surface area contributed by atoms with Gasteiger partial charge in [0, 0.05) is 32.4 Å². The van der Waals surface area contributed by atoms with Crippen molar-refractivity contribution in [2.75, 3.05) is 39.0 Å².